The number of aromatic amines is 1. The average Bonchev–Trinajstić information content (AvgIpc) is 4.10. The molecule has 0 radical (unpaired) electrons. The summed E-state index contributed by atoms with van der Waals surface area (Å²) in [6, 6.07) is 9.01. The molecule has 15 heteroatoms. The number of rotatable bonds is 8. The summed E-state index contributed by atoms with van der Waals surface area (Å²) < 4.78 is 55.1. The molecule has 6 unspecified atom stereocenters. The molecule has 2 bridgehead atoms. The van der Waals surface area contributed by atoms with Crippen molar-refractivity contribution in [2.45, 2.75) is 106 Å². The SMILES string of the molecule is CC[C@@]12C=CCN3CCC4(c5cc([C@@]6(C(=O)OC)CC7CC(C(C)(F)F)CN(CCc8c6[nH]c6ccc(N9CCCC9)cc86)C7)c(OC)cc5N(C)C4[C@](O)(C(=O)OC)[C@H]1OC(C)=O)C32. The molecule has 350 valence electrons. The lowest BCUT2D eigenvalue weighted by Crippen LogP contribution is -2.81. The molecule has 3 aromatic rings. The van der Waals surface area contributed by atoms with E-state index in [4.69, 9.17) is 18.9 Å². The first-order valence-corrected chi connectivity index (χ1v) is 23.5. The largest absolute Gasteiger partial charge is 0.496 e. The smallest absolute Gasteiger partial charge is 0.344 e. The molecule has 7 heterocycles. The molecule has 4 fully saturated rings. The number of likely N-dealkylation sites (N-methyl/N-ethyl adjacent to an activating group) is 1. The zero-order valence-corrected chi connectivity index (χ0v) is 38.7. The predicted molar refractivity (Wildman–Crippen MR) is 241 cm³/mol. The van der Waals surface area contributed by atoms with Gasteiger partial charge in [0.25, 0.3) is 0 Å². The number of aromatic nitrogens is 1. The number of piperidine rings is 1. The number of esters is 3. The van der Waals surface area contributed by atoms with Crippen molar-refractivity contribution in [2.24, 2.45) is 17.3 Å². The van der Waals surface area contributed by atoms with Crippen LogP contribution in [0.1, 0.15) is 81.7 Å². The molecular weight excluding hydrogens is 837 g/mol. The second-order valence-corrected chi connectivity index (χ2v) is 20.2. The Hall–Kier alpha value is -4.73. The van der Waals surface area contributed by atoms with Gasteiger partial charge in [0.05, 0.1) is 27.4 Å². The number of nitrogens with zero attached hydrogens (tertiary/aromatic N) is 4. The molecule has 10 atom stereocenters. The molecule has 1 aromatic heterocycles. The van der Waals surface area contributed by atoms with Crippen molar-refractivity contribution in [1.82, 2.24) is 14.8 Å². The number of hydrogen-bond acceptors (Lipinski definition) is 12. The Balaban J connectivity index is 1.27. The number of carbonyl (C=O) groups is 3. The number of aliphatic hydroxyl groups is 1. The number of carbonyl (C=O) groups excluding carboxylic acids is 3. The van der Waals surface area contributed by atoms with Crippen LogP contribution < -0.4 is 14.5 Å². The number of halogens is 2. The van der Waals surface area contributed by atoms with Crippen LogP contribution in [0.5, 0.6) is 5.75 Å². The molecular formula is C50H63F2N5O8. The quantitative estimate of drug-likeness (QED) is 0.163. The maximum absolute atomic E-state index is 15.6. The highest BCUT2D eigenvalue weighted by atomic mass is 19.3. The minimum Gasteiger partial charge on any atom is -0.496 e. The Labute approximate surface area is 379 Å². The highest BCUT2D eigenvalue weighted by molar-refractivity contribution is 5.96. The van der Waals surface area contributed by atoms with Gasteiger partial charge in [-0.2, -0.15) is 0 Å². The fraction of sp³-hybridized carbons (Fsp3) is 0.620. The van der Waals surface area contributed by atoms with Gasteiger partial charge in [0.1, 0.15) is 11.2 Å². The Morgan fingerprint density at radius 2 is 1.72 bits per heavy atom. The summed E-state index contributed by atoms with van der Waals surface area (Å²) in [6.45, 7) is 8.73. The summed E-state index contributed by atoms with van der Waals surface area (Å²) in [7, 11) is 6.01. The highest BCUT2D eigenvalue weighted by Crippen LogP contribution is 2.68. The van der Waals surface area contributed by atoms with E-state index in [1.54, 1.807) is 7.11 Å². The van der Waals surface area contributed by atoms with Gasteiger partial charge in [-0.1, -0.05) is 19.1 Å². The minimum atomic E-state index is -2.94. The number of alkyl halides is 2. The molecule has 1 saturated carbocycles. The second-order valence-electron chi connectivity index (χ2n) is 20.2. The molecule has 13 nitrogen and oxygen atoms in total. The van der Waals surface area contributed by atoms with Gasteiger partial charge < -0.3 is 43.7 Å². The van der Waals surface area contributed by atoms with Gasteiger partial charge in [-0.3, -0.25) is 14.5 Å². The Kier molecular flexibility index (Phi) is 10.5. The van der Waals surface area contributed by atoms with Crippen LogP contribution in [0.4, 0.5) is 20.2 Å². The van der Waals surface area contributed by atoms with Crippen LogP contribution in [0.2, 0.25) is 0 Å². The van der Waals surface area contributed by atoms with Crippen molar-refractivity contribution in [3.05, 3.63) is 64.9 Å². The fourth-order valence-corrected chi connectivity index (χ4v) is 14.6. The topological polar surface area (TPSA) is 137 Å². The number of H-pyrrole nitrogens is 1. The number of fused-ring (bicyclic) bond motifs is 6. The predicted octanol–water partition coefficient (Wildman–Crippen LogP) is 5.72. The van der Waals surface area contributed by atoms with E-state index in [-0.39, 0.29) is 31.3 Å². The summed E-state index contributed by atoms with van der Waals surface area (Å²) in [5.74, 6) is -5.91. The molecule has 1 spiro atoms. The third kappa shape index (κ3) is 6.05. The van der Waals surface area contributed by atoms with Crippen molar-refractivity contribution in [1.29, 1.82) is 0 Å². The Morgan fingerprint density at radius 1 is 0.969 bits per heavy atom. The standard InChI is InChI=1S/C50H63F2N5O8/c1-8-47-15-11-19-57-21-16-48(41(47)57)35-24-36(39(62-5)25-38(35)54(4)42(48)50(61,45(60)64-7)43(47)65-29(2)58)49(44(59)63-6)26-30-22-31(46(3,51)52)28-55(27-30)20-14-33-34-23-32(56-17-9-10-18-56)12-13-37(34)53-40(33)49/h11-13,15,23-25,30-31,41-43,53,61H,8-10,14,16-22,26-28H2,1-7H3/t30?,31?,41?,42?,43-,47-,48?,49-,50+/m0/s1. The van der Waals surface area contributed by atoms with Crippen LogP contribution >= 0.6 is 0 Å². The molecule has 7 aliphatic rings. The van der Waals surface area contributed by atoms with Crippen molar-refractivity contribution < 1.29 is 47.2 Å². The van der Waals surface area contributed by atoms with E-state index in [1.807, 2.05) is 43.2 Å². The van der Waals surface area contributed by atoms with Gasteiger partial charge in [0.15, 0.2) is 6.10 Å². The highest BCUT2D eigenvalue weighted by Gasteiger charge is 2.80. The number of benzene rings is 2. The lowest BCUT2D eigenvalue weighted by Gasteiger charge is -2.63. The van der Waals surface area contributed by atoms with Crippen LogP contribution in [0.3, 0.4) is 0 Å². The summed E-state index contributed by atoms with van der Waals surface area (Å²) in [5, 5.41) is 14.4. The van der Waals surface area contributed by atoms with Gasteiger partial charge in [-0.25, -0.2) is 13.6 Å². The Bertz CT molecular complexity index is 2470. The normalized spacial score (nSPS) is 35.0. The van der Waals surface area contributed by atoms with Crippen LogP contribution in [0.25, 0.3) is 10.9 Å². The molecule has 0 amide bonds. The number of anilines is 2. The first-order chi connectivity index (χ1) is 31.0. The fourth-order valence-electron chi connectivity index (χ4n) is 14.6. The Morgan fingerprint density at radius 3 is 2.40 bits per heavy atom. The van der Waals surface area contributed by atoms with Crippen molar-refractivity contribution in [3.63, 3.8) is 0 Å². The van der Waals surface area contributed by atoms with Gasteiger partial charge in [-0.05, 0) is 99.7 Å². The lowest BCUT2D eigenvalue weighted by molar-refractivity contribution is -0.228. The maximum atomic E-state index is 15.6. The van der Waals surface area contributed by atoms with Gasteiger partial charge in [0, 0.05) is 116 Å². The zero-order chi connectivity index (χ0) is 46.0. The zero-order valence-electron chi connectivity index (χ0n) is 38.7. The number of methoxy groups -OCH3 is 3. The summed E-state index contributed by atoms with van der Waals surface area (Å²) in [4.78, 5) is 55.7. The van der Waals surface area contributed by atoms with Crippen molar-refractivity contribution in [2.75, 3.05) is 84.0 Å². The molecule has 2 aromatic carbocycles. The molecule has 10 rings (SSSR count). The summed E-state index contributed by atoms with van der Waals surface area (Å²) >= 11 is 0. The van der Waals surface area contributed by atoms with E-state index in [1.165, 1.54) is 21.1 Å². The van der Waals surface area contributed by atoms with E-state index in [0.717, 1.165) is 60.6 Å². The van der Waals surface area contributed by atoms with Crippen LogP contribution in [0, 0.1) is 17.3 Å². The molecule has 1 aliphatic carbocycles. The van der Waals surface area contributed by atoms with E-state index in [9.17, 15) is 14.7 Å². The van der Waals surface area contributed by atoms with E-state index in [2.05, 4.69) is 37.9 Å². The van der Waals surface area contributed by atoms with E-state index < -0.39 is 63.7 Å². The number of nitrogens with one attached hydrogen (secondary N) is 1. The lowest BCUT2D eigenvalue weighted by atomic mass is 9.47. The van der Waals surface area contributed by atoms with Crippen LogP contribution in [0.15, 0.2) is 42.5 Å². The number of ether oxygens (including phenoxy) is 4. The summed E-state index contributed by atoms with van der Waals surface area (Å²) in [5.41, 5.74) is -0.378. The first kappa shape index (κ1) is 44.1. The molecule has 6 aliphatic heterocycles. The average molecular weight is 900 g/mol. The van der Waals surface area contributed by atoms with Gasteiger partial charge in [0.2, 0.25) is 11.5 Å². The first-order valence-electron chi connectivity index (χ1n) is 23.5. The minimum absolute atomic E-state index is 0.154. The van der Waals surface area contributed by atoms with E-state index in [0.29, 0.717) is 68.1 Å². The third-order valence-corrected chi connectivity index (χ3v) is 17.1. The maximum Gasteiger partial charge on any atom is 0.344 e. The van der Waals surface area contributed by atoms with E-state index >= 15 is 13.6 Å². The van der Waals surface area contributed by atoms with Crippen molar-refractivity contribution >= 4 is 40.2 Å². The van der Waals surface area contributed by atoms with Crippen LogP contribution in [-0.2, 0) is 45.8 Å². The molecule has 3 saturated heterocycles. The second kappa shape index (κ2) is 15.4. The third-order valence-electron chi connectivity index (χ3n) is 17.1. The summed E-state index contributed by atoms with van der Waals surface area (Å²) in [6.07, 6.45) is 6.78. The number of hydrogen-bond donors (Lipinski definition) is 2. The monoisotopic (exact) mass is 899 g/mol. The van der Waals surface area contributed by atoms with Gasteiger partial charge >= 0.3 is 17.9 Å². The molecule has 2 N–H and O–H groups in total. The van der Waals surface area contributed by atoms with Crippen LogP contribution in [-0.4, -0.2) is 142 Å². The van der Waals surface area contributed by atoms with Gasteiger partial charge in [-0.15, -0.1) is 0 Å². The van der Waals surface area contributed by atoms with Crippen molar-refractivity contribution in [3.8, 4) is 5.75 Å². The molecule has 65 heavy (non-hydrogen) atoms.